The molecule has 3 nitrogen and oxygen atoms in total. The molecule has 0 aliphatic heterocycles. The Morgan fingerprint density at radius 3 is 2.88 bits per heavy atom. The van der Waals surface area contributed by atoms with E-state index >= 15 is 0 Å². The normalized spacial score (nSPS) is 10.2. The zero-order valence-corrected chi connectivity index (χ0v) is 11.8. The molecule has 0 saturated heterocycles. The SMILES string of the molecule is CCOCCNc1cccc(SC)c1C(N)=S. The van der Waals surface area contributed by atoms with E-state index in [0.717, 1.165) is 29.3 Å². The predicted octanol–water partition coefficient (Wildman–Crippen LogP) is 2.49. The highest BCUT2D eigenvalue weighted by molar-refractivity contribution is 7.98. The summed E-state index contributed by atoms with van der Waals surface area (Å²) in [5.41, 5.74) is 7.67. The van der Waals surface area contributed by atoms with Crippen molar-refractivity contribution in [3.05, 3.63) is 23.8 Å². The van der Waals surface area contributed by atoms with Gasteiger partial charge in [0, 0.05) is 29.3 Å². The maximum atomic E-state index is 5.77. The standard InChI is InChI=1S/C12H18N2OS2/c1-3-15-8-7-14-9-5-4-6-10(17-2)11(9)12(13)16/h4-6,14H,3,7-8H2,1-2H3,(H2,13,16). The molecule has 94 valence electrons. The minimum Gasteiger partial charge on any atom is -0.389 e. The van der Waals surface area contributed by atoms with Crippen molar-refractivity contribution >= 4 is 34.7 Å². The van der Waals surface area contributed by atoms with Gasteiger partial charge in [0.1, 0.15) is 4.99 Å². The second kappa shape index (κ2) is 7.53. The van der Waals surface area contributed by atoms with Gasteiger partial charge in [0.25, 0.3) is 0 Å². The van der Waals surface area contributed by atoms with E-state index in [2.05, 4.69) is 5.32 Å². The first-order chi connectivity index (χ1) is 8.20. The number of ether oxygens (including phenoxy) is 1. The fourth-order valence-corrected chi connectivity index (χ4v) is 2.43. The van der Waals surface area contributed by atoms with E-state index in [9.17, 15) is 0 Å². The number of benzene rings is 1. The Bertz CT molecular complexity index is 383. The molecule has 0 aliphatic carbocycles. The third-order valence-corrected chi connectivity index (χ3v) is 3.24. The molecule has 0 heterocycles. The van der Waals surface area contributed by atoms with Crippen LogP contribution in [0.5, 0.6) is 0 Å². The van der Waals surface area contributed by atoms with Gasteiger partial charge in [-0.1, -0.05) is 18.3 Å². The van der Waals surface area contributed by atoms with Crippen molar-refractivity contribution in [2.24, 2.45) is 5.73 Å². The minimum absolute atomic E-state index is 0.425. The topological polar surface area (TPSA) is 47.3 Å². The quantitative estimate of drug-likeness (QED) is 0.453. The number of nitrogens with one attached hydrogen (secondary N) is 1. The Hall–Kier alpha value is -0.780. The van der Waals surface area contributed by atoms with Crippen LogP contribution in [0.3, 0.4) is 0 Å². The fourth-order valence-electron chi connectivity index (χ4n) is 1.50. The molecule has 0 unspecified atom stereocenters. The zero-order chi connectivity index (χ0) is 12.7. The molecule has 0 bridgehead atoms. The van der Waals surface area contributed by atoms with E-state index in [-0.39, 0.29) is 0 Å². The maximum absolute atomic E-state index is 5.77. The van der Waals surface area contributed by atoms with Crippen molar-refractivity contribution < 1.29 is 4.74 Å². The van der Waals surface area contributed by atoms with Crippen LogP contribution in [0, 0.1) is 0 Å². The Kier molecular flexibility index (Phi) is 6.32. The molecule has 0 atom stereocenters. The Morgan fingerprint density at radius 2 is 2.29 bits per heavy atom. The average Bonchev–Trinajstić information content (AvgIpc) is 2.33. The van der Waals surface area contributed by atoms with Gasteiger partial charge < -0.3 is 15.8 Å². The van der Waals surface area contributed by atoms with E-state index in [1.807, 2.05) is 31.4 Å². The van der Waals surface area contributed by atoms with Gasteiger partial charge in [-0.25, -0.2) is 0 Å². The van der Waals surface area contributed by atoms with Crippen molar-refractivity contribution in [1.29, 1.82) is 0 Å². The summed E-state index contributed by atoms with van der Waals surface area (Å²) in [6.45, 7) is 4.14. The average molecular weight is 270 g/mol. The van der Waals surface area contributed by atoms with Gasteiger partial charge in [0.2, 0.25) is 0 Å². The van der Waals surface area contributed by atoms with Gasteiger partial charge in [0.15, 0.2) is 0 Å². The zero-order valence-electron chi connectivity index (χ0n) is 10.2. The fraction of sp³-hybridized carbons (Fsp3) is 0.417. The van der Waals surface area contributed by atoms with Crippen molar-refractivity contribution in [2.45, 2.75) is 11.8 Å². The largest absolute Gasteiger partial charge is 0.389 e. The molecule has 0 aliphatic rings. The third-order valence-electron chi connectivity index (χ3n) is 2.26. The van der Waals surface area contributed by atoms with Crippen LogP contribution in [0.25, 0.3) is 0 Å². The number of thiocarbonyl (C=S) groups is 1. The number of rotatable bonds is 7. The summed E-state index contributed by atoms with van der Waals surface area (Å²) in [6, 6.07) is 6.00. The molecule has 5 heteroatoms. The molecule has 0 amide bonds. The molecule has 17 heavy (non-hydrogen) atoms. The van der Waals surface area contributed by atoms with Gasteiger partial charge in [-0.2, -0.15) is 0 Å². The summed E-state index contributed by atoms with van der Waals surface area (Å²) in [5.74, 6) is 0. The number of anilines is 1. The van der Waals surface area contributed by atoms with Gasteiger partial charge in [0.05, 0.1) is 6.61 Å². The molecule has 3 N–H and O–H groups in total. The summed E-state index contributed by atoms with van der Waals surface area (Å²) < 4.78 is 5.28. The van der Waals surface area contributed by atoms with Crippen molar-refractivity contribution in [1.82, 2.24) is 0 Å². The van der Waals surface area contributed by atoms with Crippen LogP contribution in [0.4, 0.5) is 5.69 Å². The highest BCUT2D eigenvalue weighted by Gasteiger charge is 2.09. The number of hydrogen-bond acceptors (Lipinski definition) is 4. The molecule has 0 fully saturated rings. The smallest absolute Gasteiger partial charge is 0.107 e. The van der Waals surface area contributed by atoms with Crippen LogP contribution >= 0.6 is 24.0 Å². The molecule has 0 radical (unpaired) electrons. The van der Waals surface area contributed by atoms with Crippen molar-refractivity contribution in [2.75, 3.05) is 31.3 Å². The summed E-state index contributed by atoms with van der Waals surface area (Å²) in [7, 11) is 0. The Labute approximate surface area is 112 Å². The van der Waals surface area contributed by atoms with E-state index in [1.165, 1.54) is 0 Å². The van der Waals surface area contributed by atoms with Crippen LogP contribution in [-0.4, -0.2) is 31.0 Å². The van der Waals surface area contributed by atoms with Gasteiger partial charge in [-0.05, 0) is 25.3 Å². The van der Waals surface area contributed by atoms with E-state index in [1.54, 1.807) is 11.8 Å². The first-order valence-corrected chi connectivity index (χ1v) is 7.12. The van der Waals surface area contributed by atoms with Crippen LogP contribution in [0.15, 0.2) is 23.1 Å². The van der Waals surface area contributed by atoms with Gasteiger partial charge >= 0.3 is 0 Å². The van der Waals surface area contributed by atoms with Gasteiger partial charge in [-0.3, -0.25) is 0 Å². The first kappa shape index (κ1) is 14.3. The molecule has 0 aromatic heterocycles. The molecule has 1 aromatic carbocycles. The molecule has 0 spiro atoms. The summed E-state index contributed by atoms with van der Waals surface area (Å²) in [6.07, 6.45) is 2.01. The summed E-state index contributed by atoms with van der Waals surface area (Å²) >= 11 is 6.74. The highest BCUT2D eigenvalue weighted by Crippen LogP contribution is 2.26. The Morgan fingerprint density at radius 1 is 1.53 bits per heavy atom. The van der Waals surface area contributed by atoms with Crippen molar-refractivity contribution in [3.63, 3.8) is 0 Å². The summed E-state index contributed by atoms with van der Waals surface area (Å²) in [4.78, 5) is 1.52. The van der Waals surface area contributed by atoms with Gasteiger partial charge in [-0.15, -0.1) is 11.8 Å². The van der Waals surface area contributed by atoms with Crippen LogP contribution < -0.4 is 11.1 Å². The lowest BCUT2D eigenvalue weighted by Crippen LogP contribution is -2.16. The lowest BCUT2D eigenvalue weighted by molar-refractivity contribution is 0.158. The second-order valence-corrected chi connectivity index (χ2v) is 4.66. The van der Waals surface area contributed by atoms with Crippen LogP contribution in [0.1, 0.15) is 12.5 Å². The predicted molar refractivity (Wildman–Crippen MR) is 79.1 cm³/mol. The molecular formula is C12H18N2OS2. The molecular weight excluding hydrogens is 252 g/mol. The lowest BCUT2D eigenvalue weighted by atomic mass is 10.1. The lowest BCUT2D eigenvalue weighted by Gasteiger charge is -2.14. The maximum Gasteiger partial charge on any atom is 0.107 e. The Balaban J connectivity index is 2.79. The van der Waals surface area contributed by atoms with E-state index < -0.39 is 0 Å². The monoisotopic (exact) mass is 270 g/mol. The molecule has 0 saturated carbocycles. The number of hydrogen-bond donors (Lipinski definition) is 2. The second-order valence-electron chi connectivity index (χ2n) is 3.37. The van der Waals surface area contributed by atoms with E-state index in [0.29, 0.717) is 11.6 Å². The van der Waals surface area contributed by atoms with Crippen LogP contribution in [0.2, 0.25) is 0 Å². The minimum atomic E-state index is 0.425. The third kappa shape index (κ3) is 4.18. The number of nitrogens with two attached hydrogens (primary N) is 1. The molecule has 1 rings (SSSR count). The van der Waals surface area contributed by atoms with E-state index in [4.69, 9.17) is 22.7 Å². The highest BCUT2D eigenvalue weighted by atomic mass is 32.2. The van der Waals surface area contributed by atoms with Crippen molar-refractivity contribution in [3.8, 4) is 0 Å². The summed E-state index contributed by atoms with van der Waals surface area (Å²) in [5, 5.41) is 3.30. The first-order valence-electron chi connectivity index (χ1n) is 5.49. The van der Waals surface area contributed by atoms with Crippen LogP contribution in [-0.2, 0) is 4.74 Å². The molecule has 1 aromatic rings. The number of thioether (sulfide) groups is 1.